The molecule has 1 aromatic carbocycles. The Kier molecular flexibility index (Phi) is 4.51. The second kappa shape index (κ2) is 6.57. The Morgan fingerprint density at radius 1 is 1.26 bits per heavy atom. The molecule has 1 atom stereocenters. The Labute approximate surface area is 139 Å². The predicted octanol–water partition coefficient (Wildman–Crippen LogP) is 4.33. The van der Waals surface area contributed by atoms with Crippen LogP contribution in [0.2, 0.25) is 0 Å². The van der Waals surface area contributed by atoms with E-state index in [9.17, 15) is 0 Å². The van der Waals surface area contributed by atoms with Crippen molar-refractivity contribution in [2.75, 3.05) is 16.8 Å². The number of nitrogens with one attached hydrogen (secondary N) is 1. The lowest BCUT2D eigenvalue weighted by Gasteiger charge is -2.24. The zero-order chi connectivity index (χ0) is 16.4. The maximum atomic E-state index is 4.77. The summed E-state index contributed by atoms with van der Waals surface area (Å²) in [6.45, 7) is 9.65. The molecule has 0 radical (unpaired) electrons. The van der Waals surface area contributed by atoms with E-state index in [0.717, 1.165) is 36.8 Å². The summed E-state index contributed by atoms with van der Waals surface area (Å²) in [4.78, 5) is 11.6. The molecule has 1 aliphatic rings. The van der Waals surface area contributed by atoms with E-state index in [1.807, 2.05) is 6.92 Å². The van der Waals surface area contributed by atoms with Crippen molar-refractivity contribution < 1.29 is 0 Å². The first-order valence-corrected chi connectivity index (χ1v) is 8.51. The number of hydrogen-bond donors (Lipinski definition) is 1. The van der Waals surface area contributed by atoms with Gasteiger partial charge in [-0.25, -0.2) is 4.98 Å². The van der Waals surface area contributed by atoms with Crippen LogP contribution in [0.25, 0.3) is 0 Å². The monoisotopic (exact) mass is 310 g/mol. The number of anilines is 3. The third-order valence-corrected chi connectivity index (χ3v) is 4.30. The van der Waals surface area contributed by atoms with Crippen LogP contribution in [-0.4, -0.2) is 22.6 Å². The van der Waals surface area contributed by atoms with Gasteiger partial charge in [0.25, 0.3) is 0 Å². The van der Waals surface area contributed by atoms with Gasteiger partial charge in [-0.05, 0) is 44.2 Å². The Bertz CT molecular complexity index is 681. The molecule has 0 fully saturated rings. The summed E-state index contributed by atoms with van der Waals surface area (Å²) in [5.41, 5.74) is 3.66. The summed E-state index contributed by atoms with van der Waals surface area (Å²) >= 11 is 0. The van der Waals surface area contributed by atoms with Gasteiger partial charge in [-0.1, -0.05) is 32.0 Å². The zero-order valence-electron chi connectivity index (χ0n) is 14.5. The van der Waals surface area contributed by atoms with Gasteiger partial charge in [0, 0.05) is 30.0 Å². The maximum Gasteiger partial charge on any atom is 0.224 e. The molecule has 1 aliphatic heterocycles. The van der Waals surface area contributed by atoms with Gasteiger partial charge in [0.15, 0.2) is 0 Å². The van der Waals surface area contributed by atoms with Crippen molar-refractivity contribution in [2.24, 2.45) is 5.92 Å². The van der Waals surface area contributed by atoms with Crippen LogP contribution in [0.5, 0.6) is 0 Å². The molecule has 0 saturated heterocycles. The first-order valence-electron chi connectivity index (χ1n) is 8.51. The second-order valence-electron chi connectivity index (χ2n) is 6.85. The van der Waals surface area contributed by atoms with Crippen molar-refractivity contribution in [1.29, 1.82) is 0 Å². The Hall–Kier alpha value is -2.10. The highest BCUT2D eigenvalue weighted by molar-refractivity contribution is 5.69. The number of aromatic nitrogens is 2. The third kappa shape index (κ3) is 3.46. The van der Waals surface area contributed by atoms with Gasteiger partial charge < -0.3 is 10.2 Å². The van der Waals surface area contributed by atoms with Crippen LogP contribution in [0.1, 0.15) is 38.4 Å². The van der Waals surface area contributed by atoms with Crippen LogP contribution in [0, 0.1) is 12.8 Å². The summed E-state index contributed by atoms with van der Waals surface area (Å²) < 4.78 is 0. The molecule has 1 unspecified atom stereocenters. The molecule has 2 heterocycles. The number of fused-ring (bicyclic) bond motifs is 1. The van der Waals surface area contributed by atoms with E-state index in [-0.39, 0.29) is 0 Å². The van der Waals surface area contributed by atoms with Crippen LogP contribution in [0.15, 0.2) is 30.3 Å². The predicted molar refractivity (Wildman–Crippen MR) is 96.5 cm³/mol. The lowest BCUT2D eigenvalue weighted by Crippen LogP contribution is -2.25. The zero-order valence-corrected chi connectivity index (χ0v) is 14.5. The quantitative estimate of drug-likeness (QED) is 0.892. The molecule has 0 bridgehead atoms. The topological polar surface area (TPSA) is 41.1 Å². The van der Waals surface area contributed by atoms with E-state index in [1.54, 1.807) is 0 Å². The number of rotatable bonds is 5. The molecule has 4 heteroatoms. The number of para-hydroxylation sites is 1. The molecule has 1 N–H and O–H groups in total. The first-order chi connectivity index (χ1) is 11.0. The van der Waals surface area contributed by atoms with Crippen molar-refractivity contribution in [3.05, 3.63) is 41.6 Å². The molecule has 122 valence electrons. The van der Waals surface area contributed by atoms with E-state index in [0.29, 0.717) is 12.0 Å². The van der Waals surface area contributed by atoms with Gasteiger partial charge in [0.1, 0.15) is 5.82 Å². The van der Waals surface area contributed by atoms with Gasteiger partial charge in [-0.3, -0.25) is 0 Å². The third-order valence-electron chi connectivity index (χ3n) is 4.30. The van der Waals surface area contributed by atoms with Gasteiger partial charge in [-0.15, -0.1) is 0 Å². The minimum Gasteiger partial charge on any atom is -0.354 e. The van der Waals surface area contributed by atoms with Crippen molar-refractivity contribution in [1.82, 2.24) is 9.97 Å². The van der Waals surface area contributed by atoms with Gasteiger partial charge in [0.05, 0.1) is 0 Å². The molecule has 0 amide bonds. The summed E-state index contributed by atoms with van der Waals surface area (Å²) in [7, 11) is 0. The van der Waals surface area contributed by atoms with Crippen LogP contribution in [0.4, 0.5) is 17.5 Å². The van der Waals surface area contributed by atoms with Crippen molar-refractivity contribution in [3.63, 3.8) is 0 Å². The molecule has 0 spiro atoms. The second-order valence-corrected chi connectivity index (χ2v) is 6.85. The summed E-state index contributed by atoms with van der Waals surface area (Å²) in [6.07, 6.45) is 2.19. The van der Waals surface area contributed by atoms with Crippen molar-refractivity contribution in [2.45, 2.75) is 46.6 Å². The van der Waals surface area contributed by atoms with Crippen molar-refractivity contribution >= 4 is 17.5 Å². The molecule has 0 aliphatic carbocycles. The number of nitrogens with zero attached hydrogens (tertiary/aromatic N) is 3. The van der Waals surface area contributed by atoms with E-state index in [1.165, 1.54) is 11.3 Å². The fourth-order valence-corrected chi connectivity index (χ4v) is 3.14. The van der Waals surface area contributed by atoms with E-state index >= 15 is 0 Å². The summed E-state index contributed by atoms with van der Waals surface area (Å²) in [6, 6.07) is 11.1. The minimum absolute atomic E-state index is 0.421. The molecule has 0 saturated carbocycles. The molecule has 23 heavy (non-hydrogen) atoms. The van der Waals surface area contributed by atoms with Crippen molar-refractivity contribution in [3.8, 4) is 0 Å². The standard InChI is InChI=1S/C19H26N4/c1-13(2)9-10-20-19-21-14(3)11-18(22-19)23-15(4)12-16-7-5-6-8-17(16)23/h5-8,11,13,15H,9-10,12H2,1-4H3,(H,20,21,22). The minimum atomic E-state index is 0.421. The van der Waals surface area contributed by atoms with Crippen LogP contribution in [0.3, 0.4) is 0 Å². The van der Waals surface area contributed by atoms with Crippen LogP contribution >= 0.6 is 0 Å². The number of hydrogen-bond acceptors (Lipinski definition) is 4. The van der Waals surface area contributed by atoms with Crippen LogP contribution in [-0.2, 0) is 6.42 Å². The summed E-state index contributed by atoms with van der Waals surface area (Å²) in [5.74, 6) is 2.40. The van der Waals surface area contributed by atoms with E-state index in [2.05, 4.69) is 66.3 Å². The average Bonchev–Trinajstić information content (AvgIpc) is 2.82. The molecule has 2 aromatic rings. The van der Waals surface area contributed by atoms with Gasteiger partial charge in [0.2, 0.25) is 5.95 Å². The van der Waals surface area contributed by atoms with Gasteiger partial charge in [-0.2, -0.15) is 4.98 Å². The van der Waals surface area contributed by atoms with Crippen LogP contribution < -0.4 is 10.2 Å². The smallest absolute Gasteiger partial charge is 0.224 e. The fourth-order valence-electron chi connectivity index (χ4n) is 3.14. The Morgan fingerprint density at radius 3 is 2.83 bits per heavy atom. The normalized spacial score (nSPS) is 16.7. The first kappa shape index (κ1) is 15.8. The molecular weight excluding hydrogens is 284 g/mol. The molecule has 3 rings (SSSR count). The highest BCUT2D eigenvalue weighted by atomic mass is 15.3. The molecular formula is C19H26N4. The Morgan fingerprint density at radius 2 is 2.04 bits per heavy atom. The SMILES string of the molecule is Cc1cc(N2c3ccccc3CC2C)nc(NCCC(C)C)n1. The molecule has 1 aromatic heterocycles. The lowest BCUT2D eigenvalue weighted by atomic mass is 10.1. The van der Waals surface area contributed by atoms with E-state index in [4.69, 9.17) is 4.98 Å². The number of aryl methyl sites for hydroxylation is 1. The average molecular weight is 310 g/mol. The largest absolute Gasteiger partial charge is 0.354 e. The fraction of sp³-hybridized carbons (Fsp3) is 0.474. The Balaban J connectivity index is 1.86. The maximum absolute atomic E-state index is 4.77. The summed E-state index contributed by atoms with van der Waals surface area (Å²) in [5, 5.41) is 3.37. The van der Waals surface area contributed by atoms with E-state index < -0.39 is 0 Å². The van der Waals surface area contributed by atoms with Gasteiger partial charge >= 0.3 is 0 Å². The lowest BCUT2D eigenvalue weighted by molar-refractivity contribution is 0.605. The highest BCUT2D eigenvalue weighted by Gasteiger charge is 2.28. The molecule has 4 nitrogen and oxygen atoms in total. The number of benzene rings is 1. The highest BCUT2D eigenvalue weighted by Crippen LogP contribution is 2.37.